The van der Waals surface area contributed by atoms with Crippen molar-refractivity contribution in [3.05, 3.63) is 94.9 Å². The number of carbonyl (C=O) groups excluding carboxylic acids is 2. The van der Waals surface area contributed by atoms with Crippen molar-refractivity contribution in [2.75, 3.05) is 4.90 Å². The van der Waals surface area contributed by atoms with E-state index in [-0.39, 0.29) is 43.1 Å². The SMILES string of the molecule is N[C@@H](CC(=O)NC1Cc2cccnc2N(Cc2ccc(F)cc2)C1=O)Cc1cc(F)ccc1F. The third kappa shape index (κ3) is 5.43. The fourth-order valence-electron chi connectivity index (χ4n) is 4.02. The number of nitrogens with two attached hydrogens (primary N) is 1. The van der Waals surface area contributed by atoms with Gasteiger partial charge in [0.05, 0.1) is 6.54 Å². The first-order chi connectivity index (χ1) is 16.3. The van der Waals surface area contributed by atoms with Crippen LogP contribution < -0.4 is 16.0 Å². The number of nitrogens with one attached hydrogen (secondary N) is 1. The van der Waals surface area contributed by atoms with Gasteiger partial charge in [0.25, 0.3) is 5.91 Å². The summed E-state index contributed by atoms with van der Waals surface area (Å²) < 4.78 is 40.6. The number of pyridine rings is 1. The normalized spacial score (nSPS) is 16.2. The summed E-state index contributed by atoms with van der Waals surface area (Å²) in [6.45, 7) is 0.161. The Morgan fingerprint density at radius 1 is 1.12 bits per heavy atom. The summed E-state index contributed by atoms with van der Waals surface area (Å²) in [5.74, 6) is -1.91. The Labute approximate surface area is 194 Å². The number of hydrogen-bond donors (Lipinski definition) is 2. The van der Waals surface area contributed by atoms with E-state index in [1.54, 1.807) is 24.4 Å². The molecule has 4 rings (SSSR count). The van der Waals surface area contributed by atoms with Crippen molar-refractivity contribution in [1.29, 1.82) is 0 Å². The maximum atomic E-state index is 13.9. The van der Waals surface area contributed by atoms with E-state index >= 15 is 0 Å². The van der Waals surface area contributed by atoms with E-state index in [1.165, 1.54) is 17.0 Å². The maximum Gasteiger partial charge on any atom is 0.251 e. The molecular weight excluding hydrogens is 445 g/mol. The van der Waals surface area contributed by atoms with E-state index in [2.05, 4.69) is 10.3 Å². The standard InChI is InChI=1S/C25H23F3N4O2/c26-18-5-3-15(4-6-18)14-32-24-16(2-1-9-30-24)12-22(25(32)34)31-23(33)13-20(29)11-17-10-19(27)7-8-21(17)28/h1-10,20,22H,11-14,29H2,(H,31,33)/t20-,22?/m1/s1. The van der Waals surface area contributed by atoms with Gasteiger partial charge in [0, 0.05) is 25.1 Å². The minimum Gasteiger partial charge on any atom is -0.344 e. The van der Waals surface area contributed by atoms with Crippen molar-refractivity contribution >= 4 is 17.6 Å². The lowest BCUT2D eigenvalue weighted by atomic mass is 9.98. The van der Waals surface area contributed by atoms with Gasteiger partial charge in [-0.25, -0.2) is 18.2 Å². The molecule has 2 aromatic carbocycles. The van der Waals surface area contributed by atoms with Gasteiger partial charge in [0.1, 0.15) is 29.3 Å². The fourth-order valence-corrected chi connectivity index (χ4v) is 4.02. The lowest BCUT2D eigenvalue weighted by Crippen LogP contribution is -2.53. The maximum absolute atomic E-state index is 13.9. The predicted octanol–water partition coefficient (Wildman–Crippen LogP) is 3.03. The van der Waals surface area contributed by atoms with E-state index in [1.807, 2.05) is 6.07 Å². The zero-order valence-corrected chi connectivity index (χ0v) is 18.2. The van der Waals surface area contributed by atoms with Crippen LogP contribution in [-0.2, 0) is 29.0 Å². The first kappa shape index (κ1) is 23.4. The summed E-state index contributed by atoms with van der Waals surface area (Å²) in [4.78, 5) is 31.6. The predicted molar refractivity (Wildman–Crippen MR) is 120 cm³/mol. The fraction of sp³-hybridized carbons (Fsp3) is 0.240. The van der Waals surface area contributed by atoms with Gasteiger partial charge < -0.3 is 11.1 Å². The zero-order valence-electron chi connectivity index (χ0n) is 18.2. The lowest BCUT2D eigenvalue weighted by molar-refractivity contribution is -0.128. The molecule has 6 nitrogen and oxygen atoms in total. The van der Waals surface area contributed by atoms with Crippen LogP contribution in [0.1, 0.15) is 23.1 Å². The average molecular weight is 468 g/mol. The molecule has 176 valence electrons. The van der Waals surface area contributed by atoms with Gasteiger partial charge in [-0.05, 0) is 59.5 Å². The highest BCUT2D eigenvalue weighted by atomic mass is 19.1. The first-order valence-corrected chi connectivity index (χ1v) is 10.8. The molecule has 0 saturated carbocycles. The molecular formula is C25H23F3N4O2. The van der Waals surface area contributed by atoms with Gasteiger partial charge >= 0.3 is 0 Å². The molecule has 1 unspecified atom stereocenters. The number of fused-ring (bicyclic) bond motifs is 1. The highest BCUT2D eigenvalue weighted by Crippen LogP contribution is 2.27. The molecule has 3 aromatic rings. The van der Waals surface area contributed by atoms with Crippen LogP contribution in [0.3, 0.4) is 0 Å². The summed E-state index contributed by atoms with van der Waals surface area (Å²) in [6, 6.07) is 10.8. The molecule has 0 fully saturated rings. The monoisotopic (exact) mass is 468 g/mol. The molecule has 0 radical (unpaired) electrons. The topological polar surface area (TPSA) is 88.3 Å². The molecule has 1 aliphatic heterocycles. The van der Waals surface area contributed by atoms with E-state index in [4.69, 9.17) is 5.73 Å². The van der Waals surface area contributed by atoms with Gasteiger partial charge in [-0.3, -0.25) is 14.5 Å². The number of nitrogens with zero attached hydrogens (tertiary/aromatic N) is 2. The van der Waals surface area contributed by atoms with Gasteiger partial charge in [-0.2, -0.15) is 0 Å². The smallest absolute Gasteiger partial charge is 0.251 e. The molecule has 34 heavy (non-hydrogen) atoms. The van der Waals surface area contributed by atoms with Crippen LogP contribution in [0.5, 0.6) is 0 Å². The Hall–Kier alpha value is -3.72. The number of rotatable bonds is 7. The second kappa shape index (κ2) is 10.0. The van der Waals surface area contributed by atoms with E-state index < -0.39 is 29.6 Å². The molecule has 1 aromatic heterocycles. The van der Waals surface area contributed by atoms with Crippen molar-refractivity contribution in [3.8, 4) is 0 Å². The van der Waals surface area contributed by atoms with Gasteiger partial charge in [-0.15, -0.1) is 0 Å². The van der Waals surface area contributed by atoms with Crippen molar-refractivity contribution < 1.29 is 22.8 Å². The van der Waals surface area contributed by atoms with Crippen LogP contribution >= 0.6 is 0 Å². The molecule has 2 heterocycles. The number of benzene rings is 2. The highest BCUT2D eigenvalue weighted by Gasteiger charge is 2.34. The molecule has 2 amide bonds. The third-order valence-electron chi connectivity index (χ3n) is 5.64. The minimum absolute atomic E-state index is 0.0287. The molecule has 2 atom stereocenters. The van der Waals surface area contributed by atoms with Gasteiger partial charge in [0.15, 0.2) is 0 Å². The van der Waals surface area contributed by atoms with Gasteiger partial charge in [0.2, 0.25) is 5.91 Å². The largest absolute Gasteiger partial charge is 0.344 e. The van der Waals surface area contributed by atoms with Crippen LogP contribution in [-0.4, -0.2) is 28.9 Å². The molecule has 3 N–H and O–H groups in total. The first-order valence-electron chi connectivity index (χ1n) is 10.8. The Morgan fingerprint density at radius 2 is 1.85 bits per heavy atom. The van der Waals surface area contributed by atoms with Crippen LogP contribution in [0.25, 0.3) is 0 Å². The lowest BCUT2D eigenvalue weighted by Gasteiger charge is -2.33. The second-order valence-electron chi connectivity index (χ2n) is 8.27. The molecule has 0 spiro atoms. The van der Waals surface area contributed by atoms with Crippen molar-refractivity contribution in [3.63, 3.8) is 0 Å². The molecule has 0 bridgehead atoms. The number of aromatic nitrogens is 1. The number of hydrogen-bond acceptors (Lipinski definition) is 4. The van der Waals surface area contributed by atoms with E-state index in [9.17, 15) is 22.8 Å². The van der Waals surface area contributed by atoms with E-state index in [0.29, 0.717) is 11.4 Å². The van der Waals surface area contributed by atoms with Crippen molar-refractivity contribution in [2.45, 2.75) is 37.9 Å². The zero-order chi connectivity index (χ0) is 24.2. The van der Waals surface area contributed by atoms with E-state index in [0.717, 1.165) is 23.8 Å². The number of anilines is 1. The summed E-state index contributed by atoms with van der Waals surface area (Å²) in [6.07, 6.45) is 1.63. The van der Waals surface area contributed by atoms with Crippen LogP contribution in [0.2, 0.25) is 0 Å². The van der Waals surface area contributed by atoms with Gasteiger partial charge in [-0.1, -0.05) is 18.2 Å². The average Bonchev–Trinajstić information content (AvgIpc) is 2.80. The highest BCUT2D eigenvalue weighted by molar-refractivity contribution is 6.01. The quantitative estimate of drug-likeness (QED) is 0.558. The third-order valence-corrected chi connectivity index (χ3v) is 5.64. The number of halogens is 3. The van der Waals surface area contributed by atoms with Crippen molar-refractivity contribution in [1.82, 2.24) is 10.3 Å². The molecule has 0 saturated heterocycles. The summed E-state index contributed by atoms with van der Waals surface area (Å²) in [5.41, 5.74) is 7.56. The minimum atomic E-state index is -0.845. The Morgan fingerprint density at radius 3 is 2.62 bits per heavy atom. The molecule has 9 heteroatoms. The number of carbonyl (C=O) groups is 2. The van der Waals surface area contributed by atoms with Crippen LogP contribution in [0.15, 0.2) is 60.8 Å². The second-order valence-corrected chi connectivity index (χ2v) is 8.27. The Bertz CT molecular complexity index is 1200. The van der Waals surface area contributed by atoms with Crippen LogP contribution in [0, 0.1) is 17.5 Å². The Kier molecular flexibility index (Phi) is 6.93. The summed E-state index contributed by atoms with van der Waals surface area (Å²) in [7, 11) is 0. The molecule has 1 aliphatic rings. The van der Waals surface area contributed by atoms with Crippen LogP contribution in [0.4, 0.5) is 19.0 Å². The summed E-state index contributed by atoms with van der Waals surface area (Å²) in [5, 5.41) is 2.71. The number of amides is 2. The summed E-state index contributed by atoms with van der Waals surface area (Å²) >= 11 is 0. The molecule has 0 aliphatic carbocycles. The van der Waals surface area contributed by atoms with Crippen molar-refractivity contribution in [2.24, 2.45) is 5.73 Å². The Balaban J connectivity index is 1.45.